The van der Waals surface area contributed by atoms with Gasteiger partial charge in [0.25, 0.3) is 0 Å². The maximum atomic E-state index is 14.7. The van der Waals surface area contributed by atoms with Crippen LogP contribution in [0.25, 0.3) is 11.4 Å². The Morgan fingerprint density at radius 1 is 1.00 bits per heavy atom. The Morgan fingerprint density at radius 3 is 2.22 bits per heavy atom. The van der Waals surface area contributed by atoms with Crippen LogP contribution in [0.4, 0.5) is 26.3 Å². The Balaban J connectivity index is 2.10. The average Bonchev–Trinajstić information content (AvgIpc) is 2.99. The second kappa shape index (κ2) is 5.83. The fourth-order valence-corrected chi connectivity index (χ4v) is 6.11. The van der Waals surface area contributed by atoms with Crippen molar-refractivity contribution in [3.05, 3.63) is 69.5 Å². The summed E-state index contributed by atoms with van der Waals surface area (Å²) in [5.74, 6) is 0.251. The first-order valence-electron chi connectivity index (χ1n) is 10.3. The van der Waals surface area contributed by atoms with E-state index < -0.39 is 28.8 Å². The monoisotopic (exact) mass is 452 g/mol. The van der Waals surface area contributed by atoms with Crippen molar-refractivity contribution in [1.29, 1.82) is 0 Å². The van der Waals surface area contributed by atoms with Crippen molar-refractivity contribution >= 4 is 11.4 Å². The lowest BCUT2D eigenvalue weighted by Crippen LogP contribution is -2.65. The normalized spacial score (nSPS) is 25.2. The summed E-state index contributed by atoms with van der Waals surface area (Å²) in [7, 11) is 1.67. The molecule has 0 aromatic heterocycles. The van der Waals surface area contributed by atoms with Crippen LogP contribution in [0.2, 0.25) is 0 Å². The van der Waals surface area contributed by atoms with Gasteiger partial charge in [-0.3, -0.25) is 4.90 Å². The topological polar surface area (TPSA) is 6.48 Å². The molecule has 3 heterocycles. The van der Waals surface area contributed by atoms with E-state index in [1.54, 1.807) is 35.9 Å². The maximum absolute atomic E-state index is 14.7. The van der Waals surface area contributed by atoms with E-state index >= 15 is 0 Å². The third-order valence-corrected chi connectivity index (χ3v) is 7.46. The van der Waals surface area contributed by atoms with E-state index in [1.807, 2.05) is 13.0 Å². The largest absolute Gasteiger partial charge is 0.408 e. The molecule has 1 unspecified atom stereocenters. The van der Waals surface area contributed by atoms with Crippen molar-refractivity contribution in [3.63, 3.8) is 0 Å². The van der Waals surface area contributed by atoms with Gasteiger partial charge in [0.2, 0.25) is 0 Å². The summed E-state index contributed by atoms with van der Waals surface area (Å²) in [4.78, 5) is 3.28. The zero-order chi connectivity index (χ0) is 23.6. The molecule has 0 N–H and O–H groups in total. The van der Waals surface area contributed by atoms with E-state index in [0.717, 1.165) is 30.7 Å². The number of hydrogen-bond acceptors (Lipinski definition) is 2. The lowest BCUT2D eigenvalue weighted by Gasteiger charge is -2.57. The van der Waals surface area contributed by atoms with Crippen LogP contribution in [0.3, 0.4) is 0 Å². The molecule has 1 atom stereocenters. The quantitative estimate of drug-likeness (QED) is 0.516. The van der Waals surface area contributed by atoms with Crippen LogP contribution in [0.1, 0.15) is 26.3 Å². The van der Waals surface area contributed by atoms with Crippen LogP contribution in [0.5, 0.6) is 0 Å². The second-order valence-corrected chi connectivity index (χ2v) is 9.48. The second-order valence-electron chi connectivity index (χ2n) is 9.48. The maximum Gasteiger partial charge on any atom is 0.408 e. The predicted octanol–water partition coefficient (Wildman–Crippen LogP) is 4.92. The van der Waals surface area contributed by atoms with Crippen LogP contribution >= 0.6 is 0 Å². The van der Waals surface area contributed by atoms with Gasteiger partial charge in [0, 0.05) is 41.1 Å². The summed E-state index contributed by atoms with van der Waals surface area (Å²) in [6, 6.07) is 5.48. The van der Waals surface area contributed by atoms with Gasteiger partial charge in [-0.1, -0.05) is 51.1 Å². The molecule has 1 aromatic carbocycles. The van der Waals surface area contributed by atoms with E-state index in [-0.39, 0.29) is 17.3 Å². The van der Waals surface area contributed by atoms with Crippen molar-refractivity contribution < 1.29 is 26.3 Å². The minimum atomic E-state index is -5.56. The molecule has 8 heteroatoms. The summed E-state index contributed by atoms with van der Waals surface area (Å²) in [6.07, 6.45) is -7.18. The summed E-state index contributed by atoms with van der Waals surface area (Å²) in [5, 5.41) is 1.52. The molecule has 2 nitrogen and oxygen atoms in total. The summed E-state index contributed by atoms with van der Waals surface area (Å²) < 4.78 is 88.5. The molecule has 170 valence electrons. The van der Waals surface area contributed by atoms with Crippen LogP contribution in [0, 0.1) is 23.7 Å². The number of nitrogens with zero attached hydrogens (tertiary/aromatic N) is 2. The van der Waals surface area contributed by atoms with Crippen LogP contribution in [0.15, 0.2) is 53.5 Å². The summed E-state index contributed by atoms with van der Waals surface area (Å²) in [5.41, 5.74) is -5.67. The molecule has 32 heavy (non-hydrogen) atoms. The number of benzene rings is 1. The van der Waals surface area contributed by atoms with Gasteiger partial charge in [-0.15, -0.1) is 0 Å². The average molecular weight is 452 g/mol. The number of halogens is 6. The Bertz CT molecular complexity index is 1260. The number of aryl methyl sites for hydroxylation is 1. The smallest absolute Gasteiger partial charge is 0.335 e. The van der Waals surface area contributed by atoms with Gasteiger partial charge in [-0.05, 0) is 23.3 Å². The van der Waals surface area contributed by atoms with Crippen LogP contribution in [-0.2, 0) is 0 Å². The zero-order valence-electron chi connectivity index (χ0n) is 18.2. The number of alkyl halides is 6. The molecule has 0 radical (unpaired) electrons. The van der Waals surface area contributed by atoms with Crippen molar-refractivity contribution in [2.75, 3.05) is 7.05 Å². The number of rotatable bonds is 0. The first-order valence-corrected chi connectivity index (χ1v) is 10.3. The van der Waals surface area contributed by atoms with Gasteiger partial charge in [0.1, 0.15) is 5.82 Å². The molecular weight excluding hydrogens is 430 g/mol. The third kappa shape index (κ3) is 2.09. The first-order chi connectivity index (χ1) is 14.7. The van der Waals surface area contributed by atoms with Gasteiger partial charge >= 0.3 is 12.4 Å². The van der Waals surface area contributed by atoms with E-state index in [9.17, 15) is 26.3 Å². The molecular formula is C24H22F6N2. The van der Waals surface area contributed by atoms with E-state index in [2.05, 4.69) is 0 Å². The highest BCUT2D eigenvalue weighted by Crippen LogP contribution is 2.72. The molecule has 0 amide bonds. The zero-order valence-corrected chi connectivity index (χ0v) is 18.2. The molecule has 1 aliphatic carbocycles. The van der Waals surface area contributed by atoms with Crippen molar-refractivity contribution in [2.45, 2.75) is 40.0 Å². The highest BCUT2D eigenvalue weighted by molar-refractivity contribution is 5.82. The SMILES string of the molecule is Cc1cccc2c1=C1N(C)C=C3N1C1=C(C=CC(C)C=21)C(C(F)(F)F)(C(F)(F)F)C3(C)C. The van der Waals surface area contributed by atoms with E-state index in [4.69, 9.17) is 0 Å². The molecule has 3 aliphatic heterocycles. The molecule has 4 aliphatic rings. The van der Waals surface area contributed by atoms with Gasteiger partial charge in [0.15, 0.2) is 5.41 Å². The van der Waals surface area contributed by atoms with Crippen molar-refractivity contribution in [2.24, 2.45) is 16.7 Å². The standard InChI is InChI=1S/C24H22F6N2/c1-12-7-6-8-14-17-13(2)9-10-15-19(17)32-16(11-31(5)20(32)18(12)14)21(3,4)22(15,23(25,26)27)24(28,29)30/h6-11,13H,1-5H3. The highest BCUT2D eigenvalue weighted by atomic mass is 19.4. The molecule has 0 saturated heterocycles. The van der Waals surface area contributed by atoms with Crippen LogP contribution < -0.4 is 10.4 Å². The lowest BCUT2D eigenvalue weighted by atomic mass is 9.54. The lowest BCUT2D eigenvalue weighted by molar-refractivity contribution is -0.354. The fourth-order valence-electron chi connectivity index (χ4n) is 6.11. The Kier molecular flexibility index (Phi) is 3.86. The third-order valence-electron chi connectivity index (χ3n) is 7.46. The first kappa shape index (κ1) is 21.2. The molecule has 0 fully saturated rings. The highest BCUT2D eigenvalue weighted by Gasteiger charge is 2.81. The van der Waals surface area contributed by atoms with Crippen LogP contribution in [-0.4, -0.2) is 29.2 Å². The molecule has 0 saturated carbocycles. The Labute approximate surface area is 181 Å². The van der Waals surface area contributed by atoms with Gasteiger partial charge in [-0.2, -0.15) is 26.3 Å². The van der Waals surface area contributed by atoms with Gasteiger partial charge in [-0.25, -0.2) is 0 Å². The predicted molar refractivity (Wildman–Crippen MR) is 109 cm³/mol. The summed E-state index contributed by atoms with van der Waals surface area (Å²) in [6.45, 7) is 5.82. The van der Waals surface area contributed by atoms with Gasteiger partial charge in [0.05, 0.1) is 5.70 Å². The molecule has 0 spiro atoms. The van der Waals surface area contributed by atoms with E-state index in [0.29, 0.717) is 16.6 Å². The van der Waals surface area contributed by atoms with Crippen molar-refractivity contribution in [3.8, 4) is 0 Å². The fraction of sp³-hybridized carbons (Fsp3) is 0.417. The number of fused-ring (bicyclic) bond motifs is 1. The van der Waals surface area contributed by atoms with Crippen molar-refractivity contribution in [1.82, 2.24) is 9.80 Å². The minimum absolute atomic E-state index is 0.00250. The number of hydrogen-bond donors (Lipinski definition) is 0. The molecule has 0 bridgehead atoms. The van der Waals surface area contributed by atoms with Gasteiger partial charge < -0.3 is 4.90 Å². The minimum Gasteiger partial charge on any atom is -0.335 e. The summed E-state index contributed by atoms with van der Waals surface area (Å²) >= 11 is 0. The number of allylic oxidation sites excluding steroid dienone is 5. The molecule has 5 rings (SSSR count). The van der Waals surface area contributed by atoms with E-state index in [1.165, 1.54) is 12.3 Å². The Morgan fingerprint density at radius 2 is 1.62 bits per heavy atom. The molecule has 1 aromatic rings. The Hall–Kier alpha value is -2.64.